The van der Waals surface area contributed by atoms with Gasteiger partial charge in [-0.2, -0.15) is 0 Å². The number of carboxylic acid groups (broad SMARTS) is 1. The molecule has 3 amide bonds. The Balaban J connectivity index is 1.81. The number of hydrogen-bond acceptors (Lipinski definition) is 3. The minimum Gasteiger partial charge on any atom is -0.480 e. The molecule has 0 unspecified atom stereocenters. The fourth-order valence-electron chi connectivity index (χ4n) is 2.49. The highest BCUT2D eigenvalue weighted by Crippen LogP contribution is 2.23. The van der Waals surface area contributed by atoms with E-state index in [-0.39, 0.29) is 31.1 Å². The Morgan fingerprint density at radius 2 is 1.75 bits per heavy atom. The normalized spacial score (nSPS) is 18.6. The molecular formula is C13H21N3O4. The summed E-state index contributed by atoms with van der Waals surface area (Å²) < 4.78 is 0. The molecule has 0 bridgehead atoms. The first kappa shape index (κ1) is 14.6. The van der Waals surface area contributed by atoms with Crippen LogP contribution in [0.2, 0.25) is 0 Å². The van der Waals surface area contributed by atoms with E-state index in [1.165, 1.54) is 4.90 Å². The van der Waals surface area contributed by atoms with Gasteiger partial charge in [-0.25, -0.2) is 4.79 Å². The molecule has 2 fully saturated rings. The van der Waals surface area contributed by atoms with Crippen LogP contribution in [0.25, 0.3) is 0 Å². The van der Waals surface area contributed by atoms with Gasteiger partial charge in [0.1, 0.15) is 6.54 Å². The summed E-state index contributed by atoms with van der Waals surface area (Å²) in [6, 6.07) is -0.243. The zero-order chi connectivity index (χ0) is 14.5. The summed E-state index contributed by atoms with van der Waals surface area (Å²) in [6.45, 7) is -0.418. The predicted octanol–water partition coefficient (Wildman–Crippen LogP) is 0.304. The maximum atomic E-state index is 12.0. The molecule has 2 rings (SSSR count). The molecule has 112 valence electrons. The van der Waals surface area contributed by atoms with E-state index in [0.29, 0.717) is 0 Å². The first-order valence-corrected chi connectivity index (χ1v) is 7.12. The van der Waals surface area contributed by atoms with Gasteiger partial charge in [-0.3, -0.25) is 9.59 Å². The fourth-order valence-corrected chi connectivity index (χ4v) is 2.49. The average molecular weight is 283 g/mol. The zero-order valence-corrected chi connectivity index (χ0v) is 11.4. The van der Waals surface area contributed by atoms with Gasteiger partial charge in [0, 0.05) is 12.1 Å². The largest absolute Gasteiger partial charge is 0.480 e. The van der Waals surface area contributed by atoms with Crippen molar-refractivity contribution in [2.75, 3.05) is 13.1 Å². The zero-order valence-electron chi connectivity index (χ0n) is 11.4. The van der Waals surface area contributed by atoms with Gasteiger partial charge in [-0.15, -0.1) is 0 Å². The van der Waals surface area contributed by atoms with Crippen molar-refractivity contribution in [3.8, 4) is 0 Å². The SMILES string of the molecule is O=C(O)CN(C(=O)NCC(=O)NC1CC1)C1CCCC1. The molecule has 0 radical (unpaired) electrons. The predicted molar refractivity (Wildman–Crippen MR) is 71.2 cm³/mol. The average Bonchev–Trinajstić information content (AvgIpc) is 3.04. The van der Waals surface area contributed by atoms with Crippen LogP contribution in [-0.2, 0) is 9.59 Å². The summed E-state index contributed by atoms with van der Waals surface area (Å²) in [5, 5.41) is 14.2. The highest BCUT2D eigenvalue weighted by Gasteiger charge is 2.29. The molecule has 0 aliphatic heterocycles. The number of nitrogens with one attached hydrogen (secondary N) is 2. The van der Waals surface area contributed by atoms with E-state index in [1.54, 1.807) is 0 Å². The van der Waals surface area contributed by atoms with Gasteiger partial charge in [0.2, 0.25) is 5.91 Å². The lowest BCUT2D eigenvalue weighted by Gasteiger charge is -2.27. The molecule has 7 nitrogen and oxygen atoms in total. The molecule has 2 aliphatic carbocycles. The molecule has 2 saturated carbocycles. The summed E-state index contributed by atoms with van der Waals surface area (Å²) in [5.74, 6) is -1.25. The maximum Gasteiger partial charge on any atom is 0.323 e. The third-order valence-corrected chi connectivity index (χ3v) is 3.67. The number of urea groups is 1. The Kier molecular flexibility index (Phi) is 4.81. The Bertz CT molecular complexity index is 389. The van der Waals surface area contributed by atoms with Crippen molar-refractivity contribution in [1.29, 1.82) is 0 Å². The highest BCUT2D eigenvalue weighted by molar-refractivity contribution is 5.86. The van der Waals surface area contributed by atoms with E-state index in [4.69, 9.17) is 5.11 Å². The first-order chi connectivity index (χ1) is 9.56. The summed E-state index contributed by atoms with van der Waals surface area (Å²) in [7, 11) is 0. The Morgan fingerprint density at radius 3 is 2.30 bits per heavy atom. The standard InChI is InChI=1S/C13H21N3O4/c17-11(15-9-5-6-9)7-14-13(20)16(8-12(18)19)10-3-1-2-4-10/h9-10H,1-8H2,(H,14,20)(H,15,17)(H,18,19). The van der Waals surface area contributed by atoms with E-state index in [1.807, 2.05) is 0 Å². The minimum atomic E-state index is -1.03. The van der Waals surface area contributed by atoms with Crippen LogP contribution < -0.4 is 10.6 Å². The molecular weight excluding hydrogens is 262 g/mol. The van der Waals surface area contributed by atoms with Crippen LogP contribution >= 0.6 is 0 Å². The molecule has 0 saturated heterocycles. The van der Waals surface area contributed by atoms with E-state index in [9.17, 15) is 14.4 Å². The third kappa shape index (κ3) is 4.40. The molecule has 20 heavy (non-hydrogen) atoms. The van der Waals surface area contributed by atoms with Gasteiger partial charge in [-0.05, 0) is 25.7 Å². The topological polar surface area (TPSA) is 98.7 Å². The van der Waals surface area contributed by atoms with Gasteiger partial charge in [0.05, 0.1) is 6.54 Å². The van der Waals surface area contributed by atoms with Crippen molar-refractivity contribution < 1.29 is 19.5 Å². The number of amides is 3. The maximum absolute atomic E-state index is 12.0. The van der Waals surface area contributed by atoms with E-state index >= 15 is 0 Å². The fraction of sp³-hybridized carbons (Fsp3) is 0.769. The van der Waals surface area contributed by atoms with Crippen molar-refractivity contribution in [3.05, 3.63) is 0 Å². The van der Waals surface area contributed by atoms with E-state index in [0.717, 1.165) is 38.5 Å². The summed E-state index contributed by atoms with van der Waals surface area (Å²) in [5.41, 5.74) is 0. The molecule has 0 spiro atoms. The molecule has 0 heterocycles. The third-order valence-electron chi connectivity index (χ3n) is 3.67. The summed E-state index contributed by atoms with van der Waals surface area (Å²) in [6.07, 6.45) is 5.66. The number of aliphatic carboxylic acids is 1. The minimum absolute atomic E-state index is 0.0300. The Labute approximate surface area is 117 Å². The van der Waals surface area contributed by atoms with Gasteiger partial charge in [0.25, 0.3) is 0 Å². The number of rotatable bonds is 6. The highest BCUT2D eigenvalue weighted by atomic mass is 16.4. The lowest BCUT2D eigenvalue weighted by atomic mass is 10.2. The van der Waals surface area contributed by atoms with Gasteiger partial charge < -0.3 is 20.6 Å². The summed E-state index contributed by atoms with van der Waals surface area (Å²) in [4.78, 5) is 35.7. The summed E-state index contributed by atoms with van der Waals surface area (Å²) >= 11 is 0. The monoisotopic (exact) mass is 283 g/mol. The number of carboxylic acids is 1. The van der Waals surface area contributed by atoms with Gasteiger partial charge in [-0.1, -0.05) is 12.8 Å². The van der Waals surface area contributed by atoms with Crippen LogP contribution in [0.5, 0.6) is 0 Å². The number of nitrogens with zero attached hydrogens (tertiary/aromatic N) is 1. The molecule has 0 aromatic carbocycles. The molecule has 2 aliphatic rings. The van der Waals surface area contributed by atoms with E-state index < -0.39 is 12.0 Å². The van der Waals surface area contributed by atoms with Crippen LogP contribution in [0.3, 0.4) is 0 Å². The van der Waals surface area contributed by atoms with Crippen molar-refractivity contribution in [1.82, 2.24) is 15.5 Å². The molecule has 7 heteroatoms. The van der Waals surface area contributed by atoms with Gasteiger partial charge in [0.15, 0.2) is 0 Å². The van der Waals surface area contributed by atoms with Crippen molar-refractivity contribution >= 4 is 17.9 Å². The molecule has 3 N–H and O–H groups in total. The number of carbonyl (C=O) groups excluding carboxylic acids is 2. The van der Waals surface area contributed by atoms with Gasteiger partial charge >= 0.3 is 12.0 Å². The van der Waals surface area contributed by atoms with Crippen LogP contribution in [0.4, 0.5) is 4.79 Å². The van der Waals surface area contributed by atoms with Crippen LogP contribution in [0, 0.1) is 0 Å². The molecule has 0 atom stereocenters. The second-order valence-corrected chi connectivity index (χ2v) is 5.46. The van der Waals surface area contributed by atoms with E-state index in [2.05, 4.69) is 10.6 Å². The quantitative estimate of drug-likeness (QED) is 0.653. The van der Waals surface area contributed by atoms with Crippen LogP contribution in [0.1, 0.15) is 38.5 Å². The van der Waals surface area contributed by atoms with Crippen molar-refractivity contribution in [2.24, 2.45) is 0 Å². The lowest BCUT2D eigenvalue weighted by molar-refractivity contribution is -0.138. The molecule has 0 aromatic heterocycles. The van der Waals surface area contributed by atoms with Crippen molar-refractivity contribution in [2.45, 2.75) is 50.6 Å². The Hall–Kier alpha value is -1.79. The second kappa shape index (κ2) is 6.58. The first-order valence-electron chi connectivity index (χ1n) is 7.12. The second-order valence-electron chi connectivity index (χ2n) is 5.46. The Morgan fingerprint density at radius 1 is 1.10 bits per heavy atom. The number of carbonyl (C=O) groups is 3. The smallest absolute Gasteiger partial charge is 0.323 e. The number of hydrogen-bond donors (Lipinski definition) is 3. The van der Waals surface area contributed by atoms with Crippen molar-refractivity contribution in [3.63, 3.8) is 0 Å². The van der Waals surface area contributed by atoms with Crippen LogP contribution in [0.15, 0.2) is 0 Å². The molecule has 0 aromatic rings. The lowest BCUT2D eigenvalue weighted by Crippen LogP contribution is -2.50. The van der Waals surface area contributed by atoms with Crippen LogP contribution in [-0.4, -0.2) is 53.1 Å².